The van der Waals surface area contributed by atoms with Crippen molar-refractivity contribution < 1.29 is 8.42 Å². The van der Waals surface area contributed by atoms with Gasteiger partial charge in [-0.15, -0.1) is 21.5 Å². The van der Waals surface area contributed by atoms with E-state index in [0.29, 0.717) is 5.69 Å². The van der Waals surface area contributed by atoms with Crippen molar-refractivity contribution in [1.82, 2.24) is 20.0 Å². The highest BCUT2D eigenvalue weighted by molar-refractivity contribution is 8.01. The Morgan fingerprint density at radius 3 is 2.80 bits per heavy atom. The van der Waals surface area contributed by atoms with E-state index in [1.165, 1.54) is 34.4 Å². The van der Waals surface area contributed by atoms with Gasteiger partial charge in [0.25, 0.3) is 10.0 Å². The van der Waals surface area contributed by atoms with Crippen LogP contribution in [-0.2, 0) is 10.0 Å². The zero-order valence-corrected chi connectivity index (χ0v) is 17.1. The topological polar surface area (TPSA) is 89.8 Å². The summed E-state index contributed by atoms with van der Waals surface area (Å²) in [6.45, 7) is 5.91. The average molecular weight is 416 g/mol. The number of aromatic nitrogens is 4. The third-order valence-corrected chi connectivity index (χ3v) is 7.37. The third kappa shape index (κ3) is 4.05. The fourth-order valence-corrected chi connectivity index (χ4v) is 5.84. The van der Waals surface area contributed by atoms with Gasteiger partial charge in [-0.05, 0) is 31.0 Å². The van der Waals surface area contributed by atoms with E-state index in [4.69, 9.17) is 0 Å². The number of rotatable bonds is 7. The second-order valence-electron chi connectivity index (χ2n) is 5.30. The van der Waals surface area contributed by atoms with Crippen molar-refractivity contribution in [2.45, 2.75) is 36.0 Å². The van der Waals surface area contributed by atoms with Gasteiger partial charge in [0.15, 0.2) is 4.34 Å². The Labute approximate surface area is 158 Å². The summed E-state index contributed by atoms with van der Waals surface area (Å²) in [5, 5.41) is 14.5. The Kier molecular flexibility index (Phi) is 5.46. The third-order valence-electron chi connectivity index (χ3n) is 3.17. The molecule has 0 aliphatic carbocycles. The van der Waals surface area contributed by atoms with E-state index in [-0.39, 0.29) is 16.1 Å². The highest BCUT2D eigenvalue weighted by Gasteiger charge is 2.26. The first-order chi connectivity index (χ1) is 11.9. The molecule has 3 aromatic rings. The van der Waals surface area contributed by atoms with Crippen molar-refractivity contribution in [3.63, 3.8) is 0 Å². The molecule has 0 aliphatic rings. The Balaban J connectivity index is 1.98. The number of nitrogens with zero attached hydrogens (tertiary/aromatic N) is 4. The molecule has 0 unspecified atom stereocenters. The number of thiophene rings is 1. The average Bonchev–Trinajstić information content (AvgIpc) is 3.27. The predicted molar refractivity (Wildman–Crippen MR) is 103 cm³/mol. The van der Waals surface area contributed by atoms with Crippen molar-refractivity contribution in [1.29, 1.82) is 0 Å². The zero-order chi connectivity index (χ0) is 18.0. The summed E-state index contributed by atoms with van der Waals surface area (Å²) in [7, 11) is -3.81. The molecule has 0 amide bonds. The fraction of sp³-hybridized carbons (Fsp3) is 0.357. The SMILES string of the molecule is CCSc1nnc(NS(=O)(=O)c2cn(C(C)C)nc2-c2cccs2)s1. The van der Waals surface area contributed by atoms with Gasteiger partial charge in [-0.1, -0.05) is 36.1 Å². The molecule has 0 saturated carbocycles. The predicted octanol–water partition coefficient (Wildman–Crippen LogP) is 3.96. The maximum atomic E-state index is 12.9. The number of thioether (sulfide) groups is 1. The maximum Gasteiger partial charge on any atom is 0.267 e. The Bertz CT molecular complexity index is 944. The number of sulfonamides is 1. The van der Waals surface area contributed by atoms with Crippen molar-refractivity contribution in [2.75, 3.05) is 10.5 Å². The van der Waals surface area contributed by atoms with Gasteiger partial charge in [0.2, 0.25) is 5.13 Å². The first-order valence-corrected chi connectivity index (χ1v) is 11.7. The normalized spacial score (nSPS) is 12.0. The molecule has 3 rings (SSSR count). The molecule has 0 spiro atoms. The molecule has 3 heterocycles. The lowest BCUT2D eigenvalue weighted by molar-refractivity contribution is 0.532. The van der Waals surface area contributed by atoms with E-state index < -0.39 is 10.0 Å². The fourth-order valence-electron chi connectivity index (χ4n) is 2.02. The van der Waals surface area contributed by atoms with Crippen LogP contribution >= 0.6 is 34.4 Å². The summed E-state index contributed by atoms with van der Waals surface area (Å²) < 4.78 is 30.7. The molecule has 0 atom stereocenters. The Morgan fingerprint density at radius 2 is 2.16 bits per heavy atom. The minimum Gasteiger partial charge on any atom is -0.268 e. The van der Waals surface area contributed by atoms with Gasteiger partial charge in [-0.3, -0.25) is 9.40 Å². The van der Waals surface area contributed by atoms with Gasteiger partial charge in [0.1, 0.15) is 10.6 Å². The molecule has 0 radical (unpaired) electrons. The summed E-state index contributed by atoms with van der Waals surface area (Å²) in [6.07, 6.45) is 1.56. The number of anilines is 1. The molecular formula is C14H17N5O2S4. The van der Waals surface area contributed by atoms with E-state index in [2.05, 4.69) is 20.0 Å². The smallest absolute Gasteiger partial charge is 0.267 e. The molecule has 3 aromatic heterocycles. The molecule has 11 heteroatoms. The van der Waals surface area contributed by atoms with Gasteiger partial charge in [0, 0.05) is 12.2 Å². The van der Waals surface area contributed by atoms with Crippen LogP contribution in [0.15, 0.2) is 32.9 Å². The first kappa shape index (κ1) is 18.4. The summed E-state index contributed by atoms with van der Waals surface area (Å²) in [4.78, 5) is 0.947. The molecule has 1 N–H and O–H groups in total. The first-order valence-electron chi connectivity index (χ1n) is 7.53. The lowest BCUT2D eigenvalue weighted by Crippen LogP contribution is -2.13. The lowest BCUT2D eigenvalue weighted by Gasteiger charge is -2.04. The van der Waals surface area contributed by atoms with Crippen molar-refractivity contribution in [2.24, 2.45) is 0 Å². The van der Waals surface area contributed by atoms with Crippen LogP contribution < -0.4 is 4.72 Å². The van der Waals surface area contributed by atoms with Crippen LogP contribution in [-0.4, -0.2) is 34.1 Å². The summed E-state index contributed by atoms with van der Waals surface area (Å²) >= 11 is 4.20. The van der Waals surface area contributed by atoms with Crippen LogP contribution in [0.5, 0.6) is 0 Å². The monoisotopic (exact) mass is 415 g/mol. The van der Waals surface area contributed by atoms with E-state index in [0.717, 1.165) is 15.0 Å². The number of hydrogen-bond donors (Lipinski definition) is 1. The highest BCUT2D eigenvalue weighted by atomic mass is 32.2. The summed E-state index contributed by atoms with van der Waals surface area (Å²) in [5.74, 6) is 0.852. The van der Waals surface area contributed by atoms with Crippen molar-refractivity contribution in [3.8, 4) is 10.6 Å². The molecule has 0 bridgehead atoms. The summed E-state index contributed by atoms with van der Waals surface area (Å²) in [5.41, 5.74) is 0.448. The summed E-state index contributed by atoms with van der Waals surface area (Å²) in [6, 6.07) is 3.78. The van der Waals surface area contributed by atoms with E-state index in [1.807, 2.05) is 38.3 Å². The molecule has 7 nitrogen and oxygen atoms in total. The molecule has 0 saturated heterocycles. The largest absolute Gasteiger partial charge is 0.268 e. The van der Waals surface area contributed by atoms with E-state index in [1.54, 1.807) is 10.9 Å². The minimum absolute atomic E-state index is 0.0525. The van der Waals surface area contributed by atoms with Crippen LogP contribution in [0, 0.1) is 0 Å². The van der Waals surface area contributed by atoms with Crippen LogP contribution in [0.4, 0.5) is 5.13 Å². The number of hydrogen-bond acceptors (Lipinski definition) is 8. The van der Waals surface area contributed by atoms with E-state index >= 15 is 0 Å². The highest BCUT2D eigenvalue weighted by Crippen LogP contribution is 2.32. The van der Waals surface area contributed by atoms with Gasteiger partial charge in [-0.25, -0.2) is 8.42 Å². The standard InChI is InChI=1S/C14H17N5O2S4/c1-4-22-14-16-15-13(24-14)18-25(20,21)11-8-19(9(2)3)17-12(11)10-6-5-7-23-10/h5-9H,4H2,1-3H3,(H,15,18). The molecule has 0 aromatic carbocycles. The van der Waals surface area contributed by atoms with Crippen LogP contribution in [0.3, 0.4) is 0 Å². The van der Waals surface area contributed by atoms with Crippen LogP contribution in [0.25, 0.3) is 10.6 Å². The van der Waals surface area contributed by atoms with E-state index in [9.17, 15) is 8.42 Å². The van der Waals surface area contributed by atoms with Crippen LogP contribution in [0.2, 0.25) is 0 Å². The van der Waals surface area contributed by atoms with Crippen molar-refractivity contribution in [3.05, 3.63) is 23.7 Å². The van der Waals surface area contributed by atoms with Gasteiger partial charge in [0.05, 0.1) is 4.88 Å². The van der Waals surface area contributed by atoms with Crippen LogP contribution in [0.1, 0.15) is 26.8 Å². The van der Waals surface area contributed by atoms with Crippen molar-refractivity contribution >= 4 is 49.6 Å². The Hall–Kier alpha value is -1.43. The minimum atomic E-state index is -3.81. The molecule has 134 valence electrons. The van der Waals surface area contributed by atoms with Gasteiger partial charge < -0.3 is 0 Å². The molecule has 25 heavy (non-hydrogen) atoms. The molecular weight excluding hydrogens is 398 g/mol. The lowest BCUT2D eigenvalue weighted by atomic mass is 10.3. The van der Waals surface area contributed by atoms with Gasteiger partial charge >= 0.3 is 0 Å². The molecule has 0 aliphatic heterocycles. The Morgan fingerprint density at radius 1 is 1.36 bits per heavy atom. The second kappa shape index (κ2) is 7.44. The second-order valence-corrected chi connectivity index (χ2v) is 10.4. The maximum absolute atomic E-state index is 12.9. The molecule has 0 fully saturated rings. The number of nitrogens with one attached hydrogen (secondary N) is 1. The quantitative estimate of drug-likeness (QED) is 0.588. The van der Waals surface area contributed by atoms with Gasteiger partial charge in [-0.2, -0.15) is 5.10 Å². The zero-order valence-electron chi connectivity index (χ0n) is 13.8.